The Hall–Kier alpha value is -3.73. The molecule has 4 aromatic rings. The van der Waals surface area contributed by atoms with Crippen LogP contribution < -0.4 is 10.5 Å². The lowest BCUT2D eigenvalue weighted by atomic mass is 10.0. The monoisotopic (exact) mass is 355 g/mol. The zero-order valence-corrected chi connectivity index (χ0v) is 14.7. The van der Waals surface area contributed by atoms with E-state index >= 15 is 0 Å². The molecule has 27 heavy (non-hydrogen) atoms. The number of aryl methyl sites for hydroxylation is 1. The molecule has 0 radical (unpaired) electrons. The fourth-order valence-corrected chi connectivity index (χ4v) is 2.99. The molecule has 2 aromatic heterocycles. The maximum absolute atomic E-state index is 11.4. The zero-order valence-electron chi connectivity index (χ0n) is 14.7. The number of benzene rings is 2. The molecule has 0 saturated heterocycles. The van der Waals surface area contributed by atoms with Crippen molar-refractivity contribution in [3.05, 3.63) is 84.2 Å². The Morgan fingerprint density at radius 1 is 0.926 bits per heavy atom. The minimum atomic E-state index is -0.435. The number of nitrogens with zero attached hydrogens (tertiary/aromatic N) is 2. The molecule has 0 aliphatic heterocycles. The molecular weight excluding hydrogens is 338 g/mol. The number of carbonyl (C=O) groups excluding carboxylic acids is 1. The summed E-state index contributed by atoms with van der Waals surface area (Å²) < 4.78 is 6.00. The topological polar surface area (TPSA) is 78.1 Å². The summed E-state index contributed by atoms with van der Waals surface area (Å²) in [6.45, 7) is 1.85. The lowest BCUT2D eigenvalue weighted by Crippen LogP contribution is -2.12. The van der Waals surface area contributed by atoms with Crippen LogP contribution in [-0.2, 0) is 0 Å². The van der Waals surface area contributed by atoms with Gasteiger partial charge in [0.2, 0.25) is 5.91 Å². The van der Waals surface area contributed by atoms with Crippen molar-refractivity contribution in [2.75, 3.05) is 0 Å². The van der Waals surface area contributed by atoms with E-state index < -0.39 is 5.91 Å². The molecule has 5 heteroatoms. The smallest absolute Gasteiger partial charge is 0.248 e. The number of carbonyl (C=O) groups is 1. The van der Waals surface area contributed by atoms with E-state index in [0.29, 0.717) is 11.3 Å². The average Bonchev–Trinajstić information content (AvgIpc) is 2.68. The summed E-state index contributed by atoms with van der Waals surface area (Å²) in [5, 5.41) is 1.02. The molecule has 0 aliphatic carbocycles. The molecule has 0 bridgehead atoms. The third-order valence-electron chi connectivity index (χ3n) is 4.33. The van der Waals surface area contributed by atoms with Crippen molar-refractivity contribution in [3.8, 4) is 22.8 Å². The van der Waals surface area contributed by atoms with Gasteiger partial charge in [0.15, 0.2) is 0 Å². The van der Waals surface area contributed by atoms with Crippen LogP contribution in [0.25, 0.3) is 22.2 Å². The van der Waals surface area contributed by atoms with Gasteiger partial charge in [0, 0.05) is 35.0 Å². The van der Waals surface area contributed by atoms with E-state index in [1.165, 1.54) is 0 Å². The zero-order chi connectivity index (χ0) is 18.8. The quantitative estimate of drug-likeness (QED) is 0.585. The molecule has 132 valence electrons. The highest BCUT2D eigenvalue weighted by Gasteiger charge is 2.08. The first kappa shape index (κ1) is 16.7. The predicted octanol–water partition coefficient (Wildman–Crippen LogP) is 4.50. The predicted molar refractivity (Wildman–Crippen MR) is 105 cm³/mol. The van der Waals surface area contributed by atoms with Gasteiger partial charge >= 0.3 is 0 Å². The van der Waals surface area contributed by atoms with Crippen molar-refractivity contribution in [2.24, 2.45) is 5.73 Å². The molecule has 2 N–H and O–H groups in total. The fourth-order valence-electron chi connectivity index (χ4n) is 2.99. The summed E-state index contributed by atoms with van der Waals surface area (Å²) in [6, 6.07) is 18.8. The van der Waals surface area contributed by atoms with Crippen LogP contribution in [0.15, 0.2) is 73.1 Å². The van der Waals surface area contributed by atoms with Crippen LogP contribution in [0.4, 0.5) is 0 Å². The first-order valence-electron chi connectivity index (χ1n) is 8.50. The molecular formula is C22H17N3O2. The van der Waals surface area contributed by atoms with Crippen LogP contribution in [0.3, 0.4) is 0 Å². The van der Waals surface area contributed by atoms with Gasteiger partial charge in [-0.15, -0.1) is 0 Å². The van der Waals surface area contributed by atoms with Crippen LogP contribution >= 0.6 is 0 Å². The second-order valence-electron chi connectivity index (χ2n) is 6.23. The number of amides is 1. The average molecular weight is 355 g/mol. The van der Waals surface area contributed by atoms with Crippen LogP contribution in [0.2, 0.25) is 0 Å². The van der Waals surface area contributed by atoms with E-state index in [-0.39, 0.29) is 0 Å². The SMILES string of the molecule is Cc1cc(-c2cc(Oc3ccc4ncccc4c3)ccn2)ccc1C(N)=O. The Labute approximate surface area is 156 Å². The molecule has 2 aromatic carbocycles. The highest BCUT2D eigenvalue weighted by molar-refractivity contribution is 5.94. The number of fused-ring (bicyclic) bond motifs is 1. The number of ether oxygens (including phenoxy) is 1. The summed E-state index contributed by atoms with van der Waals surface area (Å²) in [6.07, 6.45) is 3.47. The van der Waals surface area contributed by atoms with Gasteiger partial charge in [-0.1, -0.05) is 12.1 Å². The van der Waals surface area contributed by atoms with Gasteiger partial charge in [-0.25, -0.2) is 0 Å². The van der Waals surface area contributed by atoms with Gasteiger partial charge in [0.1, 0.15) is 11.5 Å². The van der Waals surface area contributed by atoms with Crippen LogP contribution in [-0.4, -0.2) is 15.9 Å². The first-order chi connectivity index (χ1) is 13.1. The Balaban J connectivity index is 1.64. The van der Waals surface area contributed by atoms with E-state index in [1.54, 1.807) is 18.5 Å². The minimum absolute atomic E-state index is 0.435. The van der Waals surface area contributed by atoms with Gasteiger partial charge in [0.25, 0.3) is 0 Å². The van der Waals surface area contributed by atoms with Gasteiger partial charge in [-0.2, -0.15) is 0 Å². The van der Waals surface area contributed by atoms with Crippen molar-refractivity contribution in [1.29, 1.82) is 0 Å². The van der Waals surface area contributed by atoms with Crippen molar-refractivity contribution < 1.29 is 9.53 Å². The second kappa shape index (κ2) is 6.88. The number of hydrogen-bond donors (Lipinski definition) is 1. The number of pyridine rings is 2. The maximum atomic E-state index is 11.4. The second-order valence-corrected chi connectivity index (χ2v) is 6.23. The standard InChI is InChI=1S/C22H17N3O2/c1-14-11-16(4-6-19(14)22(23)26)21-13-18(8-10-25-21)27-17-5-7-20-15(12-17)3-2-9-24-20/h2-13H,1H3,(H2,23,26). The van der Waals surface area contributed by atoms with E-state index in [1.807, 2.05) is 61.5 Å². The lowest BCUT2D eigenvalue weighted by Gasteiger charge is -2.09. The summed E-state index contributed by atoms with van der Waals surface area (Å²) in [5.74, 6) is 0.975. The van der Waals surface area contributed by atoms with Crippen molar-refractivity contribution in [1.82, 2.24) is 9.97 Å². The molecule has 0 saturated carbocycles. The van der Waals surface area contributed by atoms with E-state index in [4.69, 9.17) is 10.5 Å². The van der Waals surface area contributed by atoms with Crippen LogP contribution in [0.5, 0.6) is 11.5 Å². The number of rotatable bonds is 4. The molecule has 0 spiro atoms. The molecule has 2 heterocycles. The molecule has 0 fully saturated rings. The first-order valence-corrected chi connectivity index (χ1v) is 8.50. The van der Waals surface area contributed by atoms with E-state index in [9.17, 15) is 4.79 Å². The van der Waals surface area contributed by atoms with Gasteiger partial charge < -0.3 is 10.5 Å². The Kier molecular flexibility index (Phi) is 4.26. The number of aromatic nitrogens is 2. The van der Waals surface area contributed by atoms with Crippen LogP contribution in [0, 0.1) is 6.92 Å². The fraction of sp³-hybridized carbons (Fsp3) is 0.0455. The largest absolute Gasteiger partial charge is 0.457 e. The number of nitrogens with two attached hydrogens (primary N) is 1. The Bertz CT molecular complexity index is 1160. The van der Waals surface area contributed by atoms with Crippen LogP contribution in [0.1, 0.15) is 15.9 Å². The molecule has 0 aliphatic rings. The summed E-state index contributed by atoms with van der Waals surface area (Å²) in [5.41, 5.74) is 9.27. The molecule has 0 unspecified atom stereocenters. The maximum Gasteiger partial charge on any atom is 0.248 e. The molecule has 1 amide bonds. The van der Waals surface area contributed by atoms with Gasteiger partial charge in [0.05, 0.1) is 11.2 Å². The van der Waals surface area contributed by atoms with Crippen molar-refractivity contribution in [2.45, 2.75) is 6.92 Å². The highest BCUT2D eigenvalue weighted by Crippen LogP contribution is 2.28. The number of primary amides is 1. The van der Waals surface area contributed by atoms with Crippen molar-refractivity contribution >= 4 is 16.8 Å². The van der Waals surface area contributed by atoms with Crippen molar-refractivity contribution in [3.63, 3.8) is 0 Å². The highest BCUT2D eigenvalue weighted by atomic mass is 16.5. The number of hydrogen-bond acceptors (Lipinski definition) is 4. The summed E-state index contributed by atoms with van der Waals surface area (Å²) in [4.78, 5) is 20.1. The Morgan fingerprint density at radius 3 is 2.59 bits per heavy atom. The minimum Gasteiger partial charge on any atom is -0.457 e. The van der Waals surface area contributed by atoms with E-state index in [0.717, 1.165) is 33.5 Å². The van der Waals surface area contributed by atoms with E-state index in [2.05, 4.69) is 9.97 Å². The van der Waals surface area contributed by atoms with Gasteiger partial charge in [-0.05, 0) is 55.0 Å². The summed E-state index contributed by atoms with van der Waals surface area (Å²) >= 11 is 0. The third kappa shape index (κ3) is 3.48. The normalized spacial score (nSPS) is 10.7. The summed E-state index contributed by atoms with van der Waals surface area (Å²) in [7, 11) is 0. The lowest BCUT2D eigenvalue weighted by molar-refractivity contribution is 0.0999. The van der Waals surface area contributed by atoms with Gasteiger partial charge in [-0.3, -0.25) is 14.8 Å². The molecule has 5 nitrogen and oxygen atoms in total. The molecule has 4 rings (SSSR count). The third-order valence-corrected chi connectivity index (χ3v) is 4.33. The Morgan fingerprint density at radius 2 is 1.78 bits per heavy atom. The molecule has 0 atom stereocenters.